The van der Waals surface area contributed by atoms with E-state index in [9.17, 15) is 4.79 Å². The molecule has 1 aliphatic heterocycles. The molecule has 34 heavy (non-hydrogen) atoms. The van der Waals surface area contributed by atoms with Crippen LogP contribution in [0.2, 0.25) is 5.02 Å². The van der Waals surface area contributed by atoms with E-state index in [1.54, 1.807) is 12.3 Å². The number of carbonyl (C=O) groups is 1. The molecule has 1 saturated heterocycles. The molecule has 0 saturated carbocycles. The normalized spacial score (nSPS) is 14.3. The lowest BCUT2D eigenvalue weighted by molar-refractivity contribution is 0.0642. The minimum atomic E-state index is -0.342. The van der Waals surface area contributed by atoms with Crippen LogP contribution in [0.1, 0.15) is 23.3 Å². The Morgan fingerprint density at radius 2 is 1.79 bits per heavy atom. The summed E-state index contributed by atoms with van der Waals surface area (Å²) in [5.41, 5.74) is 9.73. The smallest absolute Gasteiger partial charge is 0.273 e. The van der Waals surface area contributed by atoms with Crippen LogP contribution in [0.5, 0.6) is 0 Å². The van der Waals surface area contributed by atoms with Crippen molar-refractivity contribution < 1.29 is 9.53 Å². The van der Waals surface area contributed by atoms with Crippen LogP contribution in [0.15, 0.2) is 60.8 Å². The summed E-state index contributed by atoms with van der Waals surface area (Å²) in [6.45, 7) is 1.98. The van der Waals surface area contributed by atoms with Gasteiger partial charge in [0.1, 0.15) is 0 Å². The number of nitrogens with one attached hydrogen (secondary N) is 1. The van der Waals surface area contributed by atoms with Crippen LogP contribution in [-0.4, -0.2) is 40.6 Å². The molecule has 1 fully saturated rings. The van der Waals surface area contributed by atoms with Gasteiger partial charge in [0.25, 0.3) is 5.91 Å². The van der Waals surface area contributed by atoms with Gasteiger partial charge >= 0.3 is 0 Å². The van der Waals surface area contributed by atoms with Crippen molar-refractivity contribution >= 4 is 34.2 Å². The Labute approximate surface area is 202 Å². The van der Waals surface area contributed by atoms with E-state index in [1.165, 1.54) is 0 Å². The third kappa shape index (κ3) is 4.58. The second kappa shape index (κ2) is 9.75. The van der Waals surface area contributed by atoms with E-state index < -0.39 is 0 Å². The number of carbonyl (C=O) groups excluding carboxylic acids is 1. The first kappa shape index (κ1) is 22.3. The first-order chi connectivity index (χ1) is 16.6. The zero-order chi connectivity index (χ0) is 23.5. The molecule has 2 aromatic heterocycles. The number of nitrogens with two attached hydrogens (primary N) is 1. The first-order valence-electron chi connectivity index (χ1n) is 11.2. The second-order valence-corrected chi connectivity index (χ2v) is 8.73. The summed E-state index contributed by atoms with van der Waals surface area (Å²) in [5, 5.41) is 4.34. The molecule has 0 aliphatic carbocycles. The summed E-state index contributed by atoms with van der Waals surface area (Å²) in [5.74, 6) is 0.119. The molecule has 1 aliphatic rings. The predicted octanol–water partition coefficient (Wildman–Crippen LogP) is 4.75. The van der Waals surface area contributed by atoms with Crippen molar-refractivity contribution in [2.24, 2.45) is 5.92 Å². The lowest BCUT2D eigenvalue weighted by Crippen LogP contribution is -2.33. The van der Waals surface area contributed by atoms with Crippen LogP contribution < -0.4 is 11.1 Å². The molecule has 0 spiro atoms. The van der Waals surface area contributed by atoms with Gasteiger partial charge in [0, 0.05) is 42.5 Å². The highest BCUT2D eigenvalue weighted by Gasteiger charge is 2.22. The molecular weight excluding hydrogens is 450 g/mol. The number of hydrogen-bond acceptors (Lipinski definition) is 6. The summed E-state index contributed by atoms with van der Waals surface area (Å²) in [4.78, 5) is 26.8. The molecule has 3 heterocycles. The van der Waals surface area contributed by atoms with Crippen LogP contribution in [0, 0.1) is 5.92 Å². The highest BCUT2D eigenvalue weighted by atomic mass is 35.5. The van der Waals surface area contributed by atoms with Gasteiger partial charge in [0.15, 0.2) is 11.5 Å². The summed E-state index contributed by atoms with van der Waals surface area (Å²) in [6.07, 6.45) is 3.54. The summed E-state index contributed by atoms with van der Waals surface area (Å²) < 4.78 is 5.40. The average molecular weight is 474 g/mol. The molecule has 3 N–H and O–H groups in total. The Morgan fingerprint density at radius 3 is 2.59 bits per heavy atom. The second-order valence-electron chi connectivity index (χ2n) is 8.32. The Balaban J connectivity index is 1.58. The monoisotopic (exact) mass is 473 g/mol. The van der Waals surface area contributed by atoms with Gasteiger partial charge in [-0.3, -0.25) is 9.78 Å². The van der Waals surface area contributed by atoms with Crippen molar-refractivity contribution in [2.75, 3.05) is 25.5 Å². The number of rotatable bonds is 5. The number of nitrogen functional groups attached to an aromatic ring is 1. The zero-order valence-electron chi connectivity index (χ0n) is 18.5. The Kier molecular flexibility index (Phi) is 6.38. The maximum absolute atomic E-state index is 13.1. The van der Waals surface area contributed by atoms with Crippen molar-refractivity contribution in [2.45, 2.75) is 12.8 Å². The van der Waals surface area contributed by atoms with Gasteiger partial charge in [-0.1, -0.05) is 48.0 Å². The topological polar surface area (TPSA) is 103 Å². The van der Waals surface area contributed by atoms with Crippen LogP contribution in [-0.2, 0) is 4.74 Å². The van der Waals surface area contributed by atoms with E-state index in [2.05, 4.69) is 15.3 Å². The Hall–Kier alpha value is -3.55. The first-order valence-corrected chi connectivity index (χ1v) is 11.6. The van der Waals surface area contributed by atoms with Crippen LogP contribution in [0.25, 0.3) is 33.4 Å². The molecule has 0 atom stereocenters. The van der Waals surface area contributed by atoms with Gasteiger partial charge in [-0.15, -0.1) is 0 Å². The molecule has 5 rings (SSSR count). The molecule has 4 aromatic rings. The third-order valence-corrected chi connectivity index (χ3v) is 6.30. The molecule has 0 bridgehead atoms. The lowest BCUT2D eigenvalue weighted by Gasteiger charge is -2.22. The third-order valence-electron chi connectivity index (χ3n) is 6.01. The fourth-order valence-corrected chi connectivity index (χ4v) is 4.45. The summed E-state index contributed by atoms with van der Waals surface area (Å²) in [6, 6.07) is 17.2. The van der Waals surface area contributed by atoms with Crippen molar-refractivity contribution in [1.29, 1.82) is 0 Å². The number of aromatic nitrogens is 3. The molecule has 7 nitrogen and oxygen atoms in total. The minimum absolute atomic E-state index is 0.0839. The van der Waals surface area contributed by atoms with E-state index in [0.717, 1.165) is 42.6 Å². The largest absolute Gasteiger partial charge is 0.382 e. The number of pyridine rings is 1. The van der Waals surface area contributed by atoms with Gasteiger partial charge in [-0.25, -0.2) is 9.97 Å². The van der Waals surface area contributed by atoms with Crippen molar-refractivity contribution in [3.8, 4) is 22.5 Å². The number of amides is 1. The summed E-state index contributed by atoms with van der Waals surface area (Å²) in [7, 11) is 0. The average Bonchev–Trinajstić information content (AvgIpc) is 2.88. The van der Waals surface area contributed by atoms with Gasteiger partial charge in [0.2, 0.25) is 0 Å². The number of nitrogens with zero attached hydrogens (tertiary/aromatic N) is 3. The van der Waals surface area contributed by atoms with Crippen LogP contribution >= 0.6 is 11.6 Å². The van der Waals surface area contributed by atoms with Gasteiger partial charge in [-0.2, -0.15) is 0 Å². The van der Waals surface area contributed by atoms with E-state index >= 15 is 0 Å². The molecule has 172 valence electrons. The molecular formula is C26H24ClN5O2. The van der Waals surface area contributed by atoms with E-state index in [-0.39, 0.29) is 17.4 Å². The fourth-order valence-electron chi connectivity index (χ4n) is 4.17. The maximum Gasteiger partial charge on any atom is 0.273 e. The van der Waals surface area contributed by atoms with Crippen molar-refractivity contribution in [3.05, 3.63) is 71.5 Å². The fraction of sp³-hybridized carbons (Fsp3) is 0.231. The van der Waals surface area contributed by atoms with Crippen LogP contribution in [0.3, 0.4) is 0 Å². The van der Waals surface area contributed by atoms with Gasteiger partial charge in [0.05, 0.1) is 21.9 Å². The number of hydrogen-bond donors (Lipinski definition) is 2. The number of benzene rings is 2. The number of fused-ring (bicyclic) bond motifs is 1. The SMILES string of the molecule is Nc1nc(-c2ccccc2)c(-c2cc(Cl)c3ncccc3c2)nc1C(=O)NCC1CCOCC1. The van der Waals surface area contributed by atoms with E-state index in [0.29, 0.717) is 34.4 Å². The van der Waals surface area contributed by atoms with E-state index in [1.807, 2.05) is 48.5 Å². The highest BCUT2D eigenvalue weighted by Crippen LogP contribution is 2.34. The highest BCUT2D eigenvalue weighted by molar-refractivity contribution is 6.35. The number of halogens is 1. The number of ether oxygens (including phenoxy) is 1. The molecule has 8 heteroatoms. The summed E-state index contributed by atoms with van der Waals surface area (Å²) >= 11 is 6.55. The molecule has 2 aromatic carbocycles. The zero-order valence-corrected chi connectivity index (χ0v) is 19.3. The molecule has 0 radical (unpaired) electrons. The molecule has 0 unspecified atom stereocenters. The standard InChI is InChI=1S/C26H24ClN5O2/c27-20-14-19(13-18-7-4-10-29-21(18)20)23-22(17-5-2-1-3-6-17)32-25(28)24(31-23)26(33)30-15-16-8-11-34-12-9-16/h1-7,10,13-14,16H,8-9,11-12,15H2,(H2,28,32)(H,30,33). The minimum Gasteiger partial charge on any atom is -0.382 e. The Morgan fingerprint density at radius 1 is 1.03 bits per heavy atom. The number of anilines is 1. The lowest BCUT2D eigenvalue weighted by atomic mass is 10.0. The van der Waals surface area contributed by atoms with Crippen molar-refractivity contribution in [3.63, 3.8) is 0 Å². The Bertz CT molecular complexity index is 1340. The predicted molar refractivity (Wildman–Crippen MR) is 134 cm³/mol. The molecule has 1 amide bonds. The van der Waals surface area contributed by atoms with Crippen LogP contribution in [0.4, 0.5) is 5.82 Å². The van der Waals surface area contributed by atoms with Gasteiger partial charge in [-0.05, 0) is 37.0 Å². The quantitative estimate of drug-likeness (QED) is 0.433. The van der Waals surface area contributed by atoms with E-state index in [4.69, 9.17) is 27.1 Å². The van der Waals surface area contributed by atoms with Crippen molar-refractivity contribution in [1.82, 2.24) is 20.3 Å². The maximum atomic E-state index is 13.1. The van der Waals surface area contributed by atoms with Gasteiger partial charge < -0.3 is 15.8 Å².